The molecule has 4 heterocycles. The van der Waals surface area contributed by atoms with E-state index in [0.29, 0.717) is 69.8 Å². The molecule has 4 fully saturated rings. The monoisotopic (exact) mass is 900 g/mol. The lowest BCUT2D eigenvalue weighted by Crippen LogP contribution is -2.66. The van der Waals surface area contributed by atoms with Crippen molar-refractivity contribution < 1.29 is 63.3 Å². The molecule has 1 amide bonds. The number of fused-ring (bicyclic) bond motifs is 4. The quantitative estimate of drug-likeness (QED) is 0.208. The number of methoxy groups -OCH3 is 3. The Morgan fingerprint density at radius 3 is 2.27 bits per heavy atom. The highest BCUT2D eigenvalue weighted by molar-refractivity contribution is 5.89. The highest BCUT2D eigenvalue weighted by atomic mass is 16.6. The minimum atomic E-state index is -2.24. The molecule has 4 bridgehead atoms. The van der Waals surface area contributed by atoms with Crippen LogP contribution in [0.15, 0.2) is 47.6 Å². The van der Waals surface area contributed by atoms with Gasteiger partial charge >= 0.3 is 5.97 Å². The molecule has 0 aromatic rings. The summed E-state index contributed by atoms with van der Waals surface area (Å²) in [5.41, 5.74) is 1.31. The Morgan fingerprint density at radius 1 is 0.844 bits per heavy atom. The van der Waals surface area contributed by atoms with Crippen molar-refractivity contribution in [3.05, 3.63) is 47.6 Å². The van der Waals surface area contributed by atoms with Crippen LogP contribution in [0.5, 0.6) is 0 Å². The lowest BCUT2D eigenvalue weighted by Gasteiger charge is -2.51. The normalized spacial score (nSPS) is 43.5. The number of nitrogens with zero attached hydrogens (tertiary/aromatic N) is 1. The summed E-state index contributed by atoms with van der Waals surface area (Å²) in [5.74, 6) is -6.64. The number of hydrogen-bond acceptors (Lipinski definition) is 13. The van der Waals surface area contributed by atoms with Crippen molar-refractivity contribution in [1.29, 1.82) is 0 Å². The number of Topliss-reactive ketones (excluding diaryl/α,β-unsaturated/α-hetero) is 2. The maximum atomic E-state index is 14.5. The van der Waals surface area contributed by atoms with Gasteiger partial charge in [-0.2, -0.15) is 0 Å². The summed E-state index contributed by atoms with van der Waals surface area (Å²) >= 11 is 0. The second-order valence-corrected chi connectivity index (χ2v) is 19.7. The molecular weight excluding hydrogens is 823 g/mol. The van der Waals surface area contributed by atoms with Crippen LogP contribution < -0.4 is 0 Å². The van der Waals surface area contributed by atoms with Crippen molar-refractivity contribution in [1.82, 2.24) is 4.90 Å². The van der Waals surface area contributed by atoms with Gasteiger partial charge in [0.25, 0.3) is 5.91 Å². The second-order valence-electron chi connectivity index (χ2n) is 19.7. The molecule has 14 nitrogen and oxygen atoms in total. The van der Waals surface area contributed by atoms with E-state index in [2.05, 4.69) is 0 Å². The Kier molecular flexibility index (Phi) is 18.7. The van der Waals surface area contributed by atoms with Crippen LogP contribution in [0.3, 0.4) is 0 Å². The molecule has 1 aliphatic carbocycles. The lowest BCUT2D eigenvalue weighted by molar-refractivity contribution is -0.317. The van der Waals surface area contributed by atoms with Gasteiger partial charge in [0.2, 0.25) is 5.79 Å². The van der Waals surface area contributed by atoms with Crippen LogP contribution in [0.1, 0.15) is 112 Å². The maximum Gasteiger partial charge on any atom is 0.329 e. The molecule has 0 aromatic heterocycles. The lowest BCUT2D eigenvalue weighted by atomic mass is 9.68. The zero-order valence-electron chi connectivity index (χ0n) is 39.6. The zero-order valence-corrected chi connectivity index (χ0v) is 39.6. The van der Waals surface area contributed by atoms with Crippen molar-refractivity contribution in [2.75, 3.05) is 27.9 Å². The van der Waals surface area contributed by atoms with Gasteiger partial charge in [-0.25, -0.2) is 4.79 Å². The summed E-state index contributed by atoms with van der Waals surface area (Å²) < 4.78 is 29.6. The smallest absolute Gasteiger partial charge is 0.329 e. The molecule has 0 aromatic carbocycles. The Morgan fingerprint density at radius 2 is 1.58 bits per heavy atom. The summed E-state index contributed by atoms with van der Waals surface area (Å²) in [6.45, 7) is 11.0. The Bertz CT molecular complexity index is 1740. The fraction of sp³-hybridized carbons (Fsp3) is 0.760. The molecule has 5 rings (SSSR count). The number of allylic oxidation sites excluding steroid dienone is 6. The van der Waals surface area contributed by atoms with Gasteiger partial charge in [-0.3, -0.25) is 14.4 Å². The second kappa shape index (κ2) is 23.1. The SMILES string of the molecule is CO[C@H]1C[C@@H]2CC[C@@H](C)[C@@](O)(O2)[C@H](O)C(=O)N2CCC[C@@H]3C(C[C@@H]4CC[C@@H](O)[C@H](OC)C4)[C@H](CC(=O)C(C)/C=C(\C)[C@@H](O)[C@@H](OC)C(=O)[C@H](C)CC(C)/C=C/C=C/C=C1C)OC(=O)[C@H]32. The Hall–Kier alpha value is -3.08. The molecule has 64 heavy (non-hydrogen) atoms. The molecular formula is C50H77NO13. The van der Waals surface area contributed by atoms with Gasteiger partial charge in [0.05, 0.1) is 24.4 Å². The molecule has 14 heteroatoms. The highest BCUT2D eigenvalue weighted by Gasteiger charge is 2.57. The predicted octanol–water partition coefficient (Wildman–Crippen LogP) is 5.19. The van der Waals surface area contributed by atoms with Gasteiger partial charge in [-0.05, 0) is 101 Å². The van der Waals surface area contributed by atoms with Crippen LogP contribution in [0.25, 0.3) is 0 Å². The van der Waals surface area contributed by atoms with Crippen LogP contribution in [0.4, 0.5) is 0 Å². The number of aliphatic hydroxyl groups is 4. The average Bonchev–Trinajstić information content (AvgIpc) is 3.27. The van der Waals surface area contributed by atoms with Gasteiger partial charge < -0.3 is 49.0 Å². The van der Waals surface area contributed by atoms with Crippen LogP contribution >= 0.6 is 0 Å². The summed E-state index contributed by atoms with van der Waals surface area (Å²) in [4.78, 5) is 58.0. The fourth-order valence-electron chi connectivity index (χ4n) is 11.1. The van der Waals surface area contributed by atoms with Crippen molar-refractivity contribution in [2.45, 2.75) is 173 Å². The highest BCUT2D eigenvalue weighted by Crippen LogP contribution is 2.46. The predicted molar refractivity (Wildman–Crippen MR) is 239 cm³/mol. The van der Waals surface area contributed by atoms with Gasteiger partial charge in [-0.15, -0.1) is 0 Å². The number of aliphatic hydroxyl groups excluding tert-OH is 3. The number of rotatable bonds is 5. The number of hydrogen-bond donors (Lipinski definition) is 4. The van der Waals surface area contributed by atoms with E-state index in [1.54, 1.807) is 41.1 Å². The molecule has 0 spiro atoms. The molecule has 4 N–H and O–H groups in total. The first kappa shape index (κ1) is 51.9. The summed E-state index contributed by atoms with van der Waals surface area (Å²) in [6, 6.07) is -1.06. The number of carbonyl (C=O) groups excluding carboxylic acids is 4. The molecule has 1 saturated carbocycles. The van der Waals surface area contributed by atoms with Crippen molar-refractivity contribution in [3.63, 3.8) is 0 Å². The van der Waals surface area contributed by atoms with Gasteiger partial charge in [0.1, 0.15) is 30.1 Å². The Balaban J connectivity index is 1.50. The average molecular weight is 900 g/mol. The van der Waals surface area contributed by atoms with E-state index < -0.39 is 84.0 Å². The summed E-state index contributed by atoms with van der Waals surface area (Å²) in [6.07, 6.45) is 9.33. The van der Waals surface area contributed by atoms with E-state index in [-0.39, 0.29) is 54.5 Å². The fourth-order valence-corrected chi connectivity index (χ4v) is 11.1. The summed E-state index contributed by atoms with van der Waals surface area (Å²) in [5, 5.41) is 46.0. The van der Waals surface area contributed by atoms with E-state index in [1.165, 1.54) is 12.0 Å². The minimum absolute atomic E-state index is 0.0302. The van der Waals surface area contributed by atoms with Gasteiger partial charge in [-0.1, -0.05) is 64.2 Å². The third-order valence-electron chi connectivity index (χ3n) is 15.1. The standard InChI is InChI=1S/C50H77NO13/c1-28-14-11-10-12-15-29(2)40(60-7)26-35-19-17-33(6)50(59,64-35)47(56)48(57)51-21-13-16-36-37(24-34-18-20-38(52)42(25-34)61-8)41(63-49(58)43(36)51)27-39(53)30(3)23-32(5)45(55)46(62-9)44(54)31(4)22-28/h10-12,14-15,23,28,30-31,33-38,40-43,45-47,52,55-56,59H,13,16-22,24-27H2,1-9H3/b12-10+,14-11+,29-15?,32-23+/t28?,30?,31-,33-,34+,35+,36-,37?,38-,40+,41+,42-,43+,45-,46+,47-,50-/m1/s1. The number of esters is 1. The minimum Gasteiger partial charge on any atom is -0.460 e. The van der Waals surface area contributed by atoms with E-state index in [4.69, 9.17) is 23.7 Å². The van der Waals surface area contributed by atoms with E-state index in [9.17, 15) is 39.6 Å². The van der Waals surface area contributed by atoms with Crippen LogP contribution in [0.2, 0.25) is 0 Å². The van der Waals surface area contributed by atoms with Gasteiger partial charge in [0.15, 0.2) is 11.9 Å². The van der Waals surface area contributed by atoms with Gasteiger partial charge in [0, 0.05) is 64.4 Å². The van der Waals surface area contributed by atoms with E-state index >= 15 is 0 Å². The number of piperidine rings is 1. The zero-order chi connectivity index (χ0) is 47.0. The first-order chi connectivity index (χ1) is 30.3. The molecule has 360 valence electrons. The number of carbonyl (C=O) groups is 4. The number of ketones is 2. The van der Waals surface area contributed by atoms with Crippen LogP contribution in [0, 0.1) is 41.4 Å². The van der Waals surface area contributed by atoms with Crippen molar-refractivity contribution >= 4 is 23.4 Å². The summed E-state index contributed by atoms with van der Waals surface area (Å²) in [7, 11) is 4.56. The third-order valence-corrected chi connectivity index (χ3v) is 15.1. The third kappa shape index (κ3) is 12.1. The molecule has 0 radical (unpaired) electrons. The largest absolute Gasteiger partial charge is 0.460 e. The van der Waals surface area contributed by atoms with Crippen molar-refractivity contribution in [3.8, 4) is 0 Å². The Labute approximate surface area is 380 Å². The van der Waals surface area contributed by atoms with Crippen LogP contribution in [-0.4, -0.2) is 137 Å². The van der Waals surface area contributed by atoms with E-state index in [1.807, 2.05) is 51.2 Å². The maximum absolute atomic E-state index is 14.5. The molecule has 4 aliphatic heterocycles. The molecule has 5 aliphatic rings. The molecule has 17 atom stereocenters. The number of amides is 1. The molecule has 3 saturated heterocycles. The van der Waals surface area contributed by atoms with Crippen molar-refractivity contribution in [2.24, 2.45) is 41.4 Å². The first-order valence-electron chi connectivity index (χ1n) is 23.6. The van der Waals surface area contributed by atoms with Crippen LogP contribution in [-0.2, 0) is 42.9 Å². The topological polar surface area (TPSA) is 199 Å². The molecule has 3 unspecified atom stereocenters. The van der Waals surface area contributed by atoms with E-state index in [0.717, 1.165) is 5.57 Å². The first-order valence-corrected chi connectivity index (χ1v) is 23.6. The number of ether oxygens (including phenoxy) is 5.